The third-order valence-corrected chi connectivity index (χ3v) is 5.77. The van der Waals surface area contributed by atoms with Gasteiger partial charge in [-0.25, -0.2) is 0 Å². The van der Waals surface area contributed by atoms with Gasteiger partial charge in [-0.2, -0.15) is 0 Å². The maximum Gasteiger partial charge on any atom is 0.238 e. The lowest BCUT2D eigenvalue weighted by atomic mass is 9.88. The van der Waals surface area contributed by atoms with Crippen LogP contribution in [0, 0.1) is 5.92 Å². The molecular formula is C15H26ClN3O2S. The van der Waals surface area contributed by atoms with Crippen molar-refractivity contribution in [3.63, 3.8) is 0 Å². The van der Waals surface area contributed by atoms with Crippen LogP contribution in [0.2, 0.25) is 0 Å². The second-order valence-corrected chi connectivity index (χ2v) is 7.42. The van der Waals surface area contributed by atoms with Crippen molar-refractivity contribution in [3.8, 4) is 0 Å². The molecule has 2 amide bonds. The lowest BCUT2D eigenvalue weighted by molar-refractivity contribution is -0.135. The fourth-order valence-corrected chi connectivity index (χ4v) is 4.49. The van der Waals surface area contributed by atoms with Gasteiger partial charge in [-0.1, -0.05) is 19.3 Å². The largest absolute Gasteiger partial charge is 0.350 e. The molecule has 2 N–H and O–H groups in total. The predicted octanol–water partition coefficient (Wildman–Crippen LogP) is 1.37. The summed E-state index contributed by atoms with van der Waals surface area (Å²) in [5, 5.41) is 6.29. The molecule has 7 heteroatoms. The summed E-state index contributed by atoms with van der Waals surface area (Å²) in [7, 11) is 0. The number of carbonyl (C=O) groups excluding carboxylic acids is 2. The number of hydrogen-bond acceptors (Lipinski definition) is 4. The summed E-state index contributed by atoms with van der Waals surface area (Å²) in [6.45, 7) is 1.49. The van der Waals surface area contributed by atoms with Gasteiger partial charge in [-0.05, 0) is 19.3 Å². The summed E-state index contributed by atoms with van der Waals surface area (Å²) in [6.07, 6.45) is 6.65. The van der Waals surface area contributed by atoms with Crippen molar-refractivity contribution in [1.29, 1.82) is 0 Å². The van der Waals surface area contributed by atoms with Gasteiger partial charge >= 0.3 is 0 Å². The number of nitrogens with one attached hydrogen (secondary N) is 2. The molecule has 3 aliphatic rings. The monoisotopic (exact) mass is 347 g/mol. The van der Waals surface area contributed by atoms with Gasteiger partial charge in [0.2, 0.25) is 11.8 Å². The lowest BCUT2D eigenvalue weighted by Crippen LogP contribution is -2.47. The molecule has 0 aromatic heterocycles. The topological polar surface area (TPSA) is 61.4 Å². The molecule has 0 aromatic rings. The number of nitrogens with zero attached hydrogens (tertiary/aromatic N) is 1. The Balaban J connectivity index is 0.00000176. The van der Waals surface area contributed by atoms with Crippen molar-refractivity contribution < 1.29 is 9.59 Å². The minimum atomic E-state index is -0.0573. The molecule has 0 aromatic carbocycles. The summed E-state index contributed by atoms with van der Waals surface area (Å²) in [4.78, 5) is 26.5. The quantitative estimate of drug-likeness (QED) is 0.809. The Kier molecular flexibility index (Phi) is 6.84. The van der Waals surface area contributed by atoms with Crippen LogP contribution in [-0.2, 0) is 9.59 Å². The second kappa shape index (κ2) is 8.41. The van der Waals surface area contributed by atoms with Crippen LogP contribution in [0.1, 0.15) is 38.5 Å². The van der Waals surface area contributed by atoms with Crippen LogP contribution in [0.3, 0.4) is 0 Å². The zero-order valence-corrected chi connectivity index (χ0v) is 14.5. The van der Waals surface area contributed by atoms with Gasteiger partial charge in [-0.3, -0.25) is 14.9 Å². The Hall–Kier alpha value is -0.460. The normalized spacial score (nSPS) is 29.2. The highest BCUT2D eigenvalue weighted by Gasteiger charge is 2.33. The standard InChI is InChI=1S/C15H25N3O2S.ClH/c19-14(13-9-21-10-16-13)17-12-6-7-18(8-12)15(20)11-4-2-1-3-5-11;/h11-13,16H,1-10H2,(H,17,19);1H. The molecule has 1 aliphatic carbocycles. The third-order valence-electron chi connectivity index (χ3n) is 4.83. The molecule has 2 unspecified atom stereocenters. The number of rotatable bonds is 3. The van der Waals surface area contributed by atoms with E-state index in [-0.39, 0.29) is 36.3 Å². The Morgan fingerprint density at radius 3 is 2.59 bits per heavy atom. The van der Waals surface area contributed by atoms with Crippen LogP contribution in [0.4, 0.5) is 0 Å². The molecule has 0 bridgehead atoms. The fraction of sp³-hybridized carbons (Fsp3) is 0.867. The van der Waals surface area contributed by atoms with Gasteiger partial charge in [0.05, 0.1) is 6.04 Å². The van der Waals surface area contributed by atoms with Gasteiger partial charge in [0.15, 0.2) is 0 Å². The highest BCUT2D eigenvalue weighted by atomic mass is 35.5. The van der Waals surface area contributed by atoms with Crippen molar-refractivity contribution in [2.24, 2.45) is 5.92 Å². The van der Waals surface area contributed by atoms with Crippen molar-refractivity contribution in [2.45, 2.75) is 50.6 Å². The van der Waals surface area contributed by atoms with Crippen LogP contribution in [0.5, 0.6) is 0 Å². The molecule has 2 saturated heterocycles. The SMILES string of the molecule is Cl.O=C(NC1CCN(C(=O)C2CCCCC2)C1)C1CSCN1. The van der Waals surface area contributed by atoms with E-state index in [1.807, 2.05) is 4.90 Å². The van der Waals surface area contributed by atoms with E-state index >= 15 is 0 Å². The molecule has 2 heterocycles. The molecule has 2 aliphatic heterocycles. The molecule has 3 rings (SSSR count). The number of amides is 2. The molecule has 3 fully saturated rings. The van der Waals surface area contributed by atoms with E-state index in [0.717, 1.165) is 37.4 Å². The molecule has 126 valence electrons. The van der Waals surface area contributed by atoms with E-state index in [4.69, 9.17) is 0 Å². The predicted molar refractivity (Wildman–Crippen MR) is 91.2 cm³/mol. The van der Waals surface area contributed by atoms with E-state index in [1.54, 1.807) is 11.8 Å². The summed E-state index contributed by atoms with van der Waals surface area (Å²) < 4.78 is 0. The third kappa shape index (κ3) is 4.30. The Morgan fingerprint density at radius 1 is 1.14 bits per heavy atom. The van der Waals surface area contributed by atoms with E-state index in [9.17, 15) is 9.59 Å². The lowest BCUT2D eigenvalue weighted by Gasteiger charge is -2.26. The van der Waals surface area contributed by atoms with Crippen LogP contribution < -0.4 is 10.6 Å². The number of carbonyl (C=O) groups is 2. The minimum absolute atomic E-state index is 0. The highest BCUT2D eigenvalue weighted by molar-refractivity contribution is 7.99. The van der Waals surface area contributed by atoms with E-state index in [1.165, 1.54) is 19.3 Å². The molecular weight excluding hydrogens is 322 g/mol. The van der Waals surface area contributed by atoms with Crippen LogP contribution >= 0.6 is 24.2 Å². The maximum absolute atomic E-state index is 12.5. The molecule has 0 spiro atoms. The minimum Gasteiger partial charge on any atom is -0.350 e. The fourth-order valence-electron chi connectivity index (χ4n) is 3.55. The Morgan fingerprint density at radius 2 is 1.91 bits per heavy atom. The van der Waals surface area contributed by atoms with Gasteiger partial charge in [0, 0.05) is 36.7 Å². The van der Waals surface area contributed by atoms with Crippen molar-refractivity contribution >= 4 is 36.0 Å². The second-order valence-electron chi connectivity index (χ2n) is 6.39. The summed E-state index contributed by atoms with van der Waals surface area (Å²) in [5.41, 5.74) is 0. The number of hydrogen-bond donors (Lipinski definition) is 2. The van der Waals surface area contributed by atoms with Crippen molar-refractivity contribution in [1.82, 2.24) is 15.5 Å². The number of likely N-dealkylation sites (tertiary alicyclic amines) is 1. The first kappa shape index (κ1) is 17.9. The zero-order valence-electron chi connectivity index (χ0n) is 12.9. The van der Waals surface area contributed by atoms with Crippen LogP contribution in [0.25, 0.3) is 0 Å². The van der Waals surface area contributed by atoms with Crippen molar-refractivity contribution in [3.05, 3.63) is 0 Å². The van der Waals surface area contributed by atoms with Gasteiger partial charge in [0.1, 0.15) is 0 Å². The molecule has 2 atom stereocenters. The van der Waals surface area contributed by atoms with Gasteiger partial charge < -0.3 is 10.2 Å². The maximum atomic E-state index is 12.5. The first-order valence-corrected chi connectivity index (χ1v) is 9.30. The number of halogens is 1. The highest BCUT2D eigenvalue weighted by Crippen LogP contribution is 2.26. The Labute approximate surface area is 142 Å². The molecule has 0 radical (unpaired) electrons. The van der Waals surface area contributed by atoms with E-state index in [0.29, 0.717) is 12.5 Å². The summed E-state index contributed by atoms with van der Waals surface area (Å²) >= 11 is 1.76. The van der Waals surface area contributed by atoms with Gasteiger partial charge in [0.25, 0.3) is 0 Å². The first-order chi connectivity index (χ1) is 10.2. The molecule has 1 saturated carbocycles. The van der Waals surface area contributed by atoms with Crippen molar-refractivity contribution in [2.75, 3.05) is 24.7 Å². The smallest absolute Gasteiger partial charge is 0.238 e. The molecule has 22 heavy (non-hydrogen) atoms. The van der Waals surface area contributed by atoms with E-state index in [2.05, 4.69) is 10.6 Å². The summed E-state index contributed by atoms with van der Waals surface area (Å²) in [5.74, 6) is 2.36. The van der Waals surface area contributed by atoms with Crippen LogP contribution in [-0.4, -0.2) is 53.5 Å². The Bertz CT molecular complexity index is 398. The zero-order chi connectivity index (χ0) is 14.7. The number of thioether (sulfide) groups is 1. The summed E-state index contributed by atoms with van der Waals surface area (Å²) in [6, 6.07) is 0.0792. The molecule has 5 nitrogen and oxygen atoms in total. The van der Waals surface area contributed by atoms with E-state index < -0.39 is 0 Å². The first-order valence-electron chi connectivity index (χ1n) is 8.14. The average Bonchev–Trinajstić information content (AvgIpc) is 3.19. The van der Waals surface area contributed by atoms with Crippen LogP contribution in [0.15, 0.2) is 0 Å². The average molecular weight is 348 g/mol. The van der Waals surface area contributed by atoms with Gasteiger partial charge in [-0.15, -0.1) is 24.2 Å².